The molecule has 2 nitrogen and oxygen atoms in total. The van der Waals surface area contributed by atoms with E-state index in [2.05, 4.69) is 0 Å². The van der Waals surface area contributed by atoms with Crippen LogP contribution in [0.1, 0.15) is 26.7 Å². The number of carbonyl (C=O) groups is 2. The molecule has 0 radical (unpaired) electrons. The molecule has 0 aromatic heterocycles. The fraction of sp³-hybridized carbons (Fsp3) is 0.778. The molecule has 14 heavy (non-hydrogen) atoms. The van der Waals surface area contributed by atoms with E-state index in [0.29, 0.717) is 6.42 Å². The Labute approximate surface area is 79.5 Å². The fourth-order valence-corrected chi connectivity index (χ4v) is 1.40. The van der Waals surface area contributed by atoms with Gasteiger partial charge in [0.25, 0.3) is 0 Å². The summed E-state index contributed by atoms with van der Waals surface area (Å²) in [6.07, 6.45) is -5.30. The van der Waals surface area contributed by atoms with Crippen molar-refractivity contribution in [3.8, 4) is 0 Å². The number of ketones is 2. The molecule has 0 aromatic carbocycles. The summed E-state index contributed by atoms with van der Waals surface area (Å²) in [7, 11) is 0. The topological polar surface area (TPSA) is 34.1 Å². The Morgan fingerprint density at radius 1 is 1.36 bits per heavy atom. The van der Waals surface area contributed by atoms with E-state index >= 15 is 0 Å². The van der Waals surface area contributed by atoms with Gasteiger partial charge in [0.05, 0.1) is 6.42 Å². The Balaban J connectivity index is 2.48. The highest BCUT2D eigenvalue weighted by molar-refractivity contribution is 6.03. The second-order valence-corrected chi connectivity index (χ2v) is 4.31. The SMILES string of the molecule is CC1(C)CC1C(=O)CC(=O)C(F)(F)F. The van der Waals surface area contributed by atoms with Crippen LogP contribution in [0.15, 0.2) is 0 Å². The predicted octanol–water partition coefficient (Wildman–Crippen LogP) is 2.12. The Hall–Kier alpha value is -0.870. The monoisotopic (exact) mass is 208 g/mol. The van der Waals surface area contributed by atoms with E-state index < -0.39 is 24.2 Å². The number of Topliss-reactive ketones (excluding diaryl/α,β-unsaturated/α-hetero) is 2. The average Bonchev–Trinajstić information content (AvgIpc) is 2.57. The molecule has 0 heterocycles. The Morgan fingerprint density at radius 3 is 2.07 bits per heavy atom. The molecule has 0 aliphatic heterocycles. The molecule has 1 rings (SSSR count). The van der Waals surface area contributed by atoms with Crippen molar-refractivity contribution < 1.29 is 22.8 Å². The lowest BCUT2D eigenvalue weighted by molar-refractivity contribution is -0.172. The lowest BCUT2D eigenvalue weighted by Gasteiger charge is -2.05. The lowest BCUT2D eigenvalue weighted by Crippen LogP contribution is -2.26. The van der Waals surface area contributed by atoms with E-state index in [1.165, 1.54) is 0 Å². The number of halogens is 3. The molecule has 80 valence electrons. The smallest absolute Gasteiger partial charge is 0.299 e. The summed E-state index contributed by atoms with van der Waals surface area (Å²) in [5.41, 5.74) is -0.219. The minimum absolute atomic E-state index is 0.219. The van der Waals surface area contributed by atoms with Crippen molar-refractivity contribution in [2.45, 2.75) is 32.9 Å². The van der Waals surface area contributed by atoms with Crippen molar-refractivity contribution in [3.05, 3.63) is 0 Å². The second-order valence-electron chi connectivity index (χ2n) is 4.31. The molecule has 0 amide bonds. The van der Waals surface area contributed by atoms with E-state index in [1.807, 2.05) is 0 Å². The van der Waals surface area contributed by atoms with Gasteiger partial charge in [-0.05, 0) is 11.8 Å². The van der Waals surface area contributed by atoms with Crippen molar-refractivity contribution in [1.29, 1.82) is 0 Å². The van der Waals surface area contributed by atoms with Crippen molar-refractivity contribution in [2.75, 3.05) is 0 Å². The van der Waals surface area contributed by atoms with Gasteiger partial charge in [0.1, 0.15) is 5.78 Å². The predicted molar refractivity (Wildman–Crippen MR) is 42.6 cm³/mol. The normalized spacial score (nSPS) is 24.5. The van der Waals surface area contributed by atoms with Gasteiger partial charge in [-0.2, -0.15) is 13.2 Å². The average molecular weight is 208 g/mol. The van der Waals surface area contributed by atoms with E-state index in [4.69, 9.17) is 0 Å². The van der Waals surface area contributed by atoms with Gasteiger partial charge in [0.2, 0.25) is 5.78 Å². The summed E-state index contributed by atoms with van der Waals surface area (Å²) in [6.45, 7) is 3.60. The molecule has 5 heteroatoms. The van der Waals surface area contributed by atoms with E-state index in [-0.39, 0.29) is 11.3 Å². The largest absolute Gasteiger partial charge is 0.450 e. The molecule has 1 fully saturated rings. The number of carbonyl (C=O) groups excluding carboxylic acids is 2. The minimum Gasteiger partial charge on any atom is -0.299 e. The van der Waals surface area contributed by atoms with Gasteiger partial charge in [0, 0.05) is 5.92 Å². The van der Waals surface area contributed by atoms with Crippen LogP contribution in [0.25, 0.3) is 0 Å². The van der Waals surface area contributed by atoms with Crippen LogP contribution in [0.4, 0.5) is 13.2 Å². The number of hydrogen-bond acceptors (Lipinski definition) is 2. The van der Waals surface area contributed by atoms with Crippen LogP contribution < -0.4 is 0 Å². The van der Waals surface area contributed by atoms with Crippen molar-refractivity contribution >= 4 is 11.6 Å². The lowest BCUT2D eigenvalue weighted by atomic mass is 10.0. The van der Waals surface area contributed by atoms with Crippen LogP contribution in [0.5, 0.6) is 0 Å². The van der Waals surface area contributed by atoms with Gasteiger partial charge in [-0.15, -0.1) is 0 Å². The van der Waals surface area contributed by atoms with Crippen LogP contribution in [0.2, 0.25) is 0 Å². The Kier molecular flexibility index (Phi) is 2.46. The molecule has 0 bridgehead atoms. The summed E-state index contributed by atoms with van der Waals surface area (Å²) < 4.78 is 35.4. The third-order valence-electron chi connectivity index (χ3n) is 2.55. The Morgan fingerprint density at radius 2 is 1.79 bits per heavy atom. The maximum atomic E-state index is 11.8. The van der Waals surface area contributed by atoms with E-state index in [9.17, 15) is 22.8 Å². The Bertz CT molecular complexity index is 278. The zero-order valence-electron chi connectivity index (χ0n) is 7.94. The van der Waals surface area contributed by atoms with Crippen molar-refractivity contribution in [2.24, 2.45) is 11.3 Å². The molecule has 1 atom stereocenters. The quantitative estimate of drug-likeness (QED) is 0.666. The van der Waals surface area contributed by atoms with E-state index in [1.54, 1.807) is 13.8 Å². The molecule has 0 saturated heterocycles. The molecule has 1 unspecified atom stereocenters. The summed E-state index contributed by atoms with van der Waals surface area (Å²) in [5.74, 6) is -2.89. The summed E-state index contributed by atoms with van der Waals surface area (Å²) in [4.78, 5) is 21.6. The zero-order valence-corrected chi connectivity index (χ0v) is 7.94. The van der Waals surface area contributed by atoms with Crippen LogP contribution >= 0.6 is 0 Å². The molecule has 1 aliphatic carbocycles. The summed E-state index contributed by atoms with van der Waals surface area (Å²) in [6, 6.07) is 0. The first-order valence-electron chi connectivity index (χ1n) is 4.27. The van der Waals surface area contributed by atoms with Crippen molar-refractivity contribution in [3.63, 3.8) is 0 Å². The van der Waals surface area contributed by atoms with Crippen LogP contribution in [0.3, 0.4) is 0 Å². The van der Waals surface area contributed by atoms with E-state index in [0.717, 1.165) is 0 Å². The first-order chi connectivity index (χ1) is 6.14. The van der Waals surface area contributed by atoms with Crippen LogP contribution in [-0.2, 0) is 9.59 Å². The standard InChI is InChI=1S/C9H11F3O2/c1-8(2)4-5(8)6(13)3-7(14)9(10,11)12/h5H,3-4H2,1-2H3. The minimum atomic E-state index is -4.88. The highest BCUT2D eigenvalue weighted by Gasteiger charge is 2.52. The fourth-order valence-electron chi connectivity index (χ4n) is 1.40. The molecular formula is C9H11F3O2. The number of alkyl halides is 3. The number of hydrogen-bond donors (Lipinski definition) is 0. The van der Waals surface area contributed by atoms with Crippen LogP contribution in [0, 0.1) is 11.3 Å². The zero-order chi connectivity index (χ0) is 11.1. The maximum absolute atomic E-state index is 11.8. The van der Waals surface area contributed by atoms with Gasteiger partial charge < -0.3 is 0 Å². The third-order valence-corrected chi connectivity index (χ3v) is 2.55. The molecule has 1 aliphatic rings. The highest BCUT2D eigenvalue weighted by Crippen LogP contribution is 2.52. The third kappa shape index (κ3) is 2.33. The van der Waals surface area contributed by atoms with Gasteiger partial charge >= 0.3 is 6.18 Å². The molecule has 0 aromatic rings. The first-order valence-corrected chi connectivity index (χ1v) is 4.27. The van der Waals surface area contributed by atoms with Crippen molar-refractivity contribution in [1.82, 2.24) is 0 Å². The molecule has 0 spiro atoms. The summed E-state index contributed by atoms with van der Waals surface area (Å²) in [5, 5.41) is 0. The highest BCUT2D eigenvalue weighted by atomic mass is 19.4. The van der Waals surface area contributed by atoms with Gasteiger partial charge in [-0.25, -0.2) is 0 Å². The molecule has 0 N–H and O–H groups in total. The van der Waals surface area contributed by atoms with Gasteiger partial charge in [-0.1, -0.05) is 13.8 Å². The molecule has 1 saturated carbocycles. The first kappa shape index (κ1) is 11.2. The van der Waals surface area contributed by atoms with Gasteiger partial charge in [-0.3, -0.25) is 9.59 Å². The summed E-state index contributed by atoms with van der Waals surface area (Å²) >= 11 is 0. The second kappa shape index (κ2) is 3.07. The number of rotatable bonds is 3. The van der Waals surface area contributed by atoms with Gasteiger partial charge in [0.15, 0.2) is 0 Å². The molecular weight excluding hydrogens is 197 g/mol. The maximum Gasteiger partial charge on any atom is 0.450 e. The van der Waals surface area contributed by atoms with Crippen LogP contribution in [-0.4, -0.2) is 17.7 Å².